The minimum Gasteiger partial charge on any atom is -0.298 e. The summed E-state index contributed by atoms with van der Waals surface area (Å²) in [5.41, 5.74) is 3.19. The first-order chi connectivity index (χ1) is 8.83. The first-order valence-electron chi connectivity index (χ1n) is 5.53. The fourth-order valence-electron chi connectivity index (χ4n) is 1.60. The predicted octanol–water partition coefficient (Wildman–Crippen LogP) is 4.22. The molecule has 2 aromatic carbocycles. The Hall–Kier alpha value is -2.66. The summed E-state index contributed by atoms with van der Waals surface area (Å²) in [5.74, 6) is 0. The van der Waals surface area contributed by atoms with Crippen LogP contribution < -0.4 is 0 Å². The van der Waals surface area contributed by atoms with Gasteiger partial charge >= 0.3 is 0 Å². The van der Waals surface area contributed by atoms with Crippen molar-refractivity contribution in [2.45, 2.75) is 0 Å². The van der Waals surface area contributed by atoms with Crippen LogP contribution in [0.25, 0.3) is 17.0 Å². The second kappa shape index (κ2) is 5.60. The molecule has 0 saturated heterocycles. The maximum atomic E-state index is 10.5. The number of para-hydroxylation sites is 1. The molecule has 2 nitrogen and oxygen atoms in total. The first kappa shape index (κ1) is 11.8. The number of aldehydes is 1. The zero-order valence-corrected chi connectivity index (χ0v) is 9.71. The Morgan fingerprint density at radius 2 is 1.56 bits per heavy atom. The lowest BCUT2D eigenvalue weighted by Crippen LogP contribution is -1.78. The molecule has 0 heterocycles. The monoisotopic (exact) mass is 233 g/mol. The van der Waals surface area contributed by atoms with Gasteiger partial charge < -0.3 is 0 Å². The van der Waals surface area contributed by atoms with Gasteiger partial charge in [0, 0.05) is 5.56 Å². The van der Waals surface area contributed by atoms with Crippen LogP contribution >= 0.6 is 0 Å². The summed E-state index contributed by atoms with van der Waals surface area (Å²) in [7, 11) is 0. The largest absolute Gasteiger partial charge is 0.298 e. The summed E-state index contributed by atoms with van der Waals surface area (Å²) in [4.78, 5) is 14.0. The lowest BCUT2D eigenvalue weighted by atomic mass is 10.1. The van der Waals surface area contributed by atoms with Crippen molar-refractivity contribution in [3.63, 3.8) is 0 Å². The molecule has 0 atom stereocenters. The molecule has 0 amide bonds. The van der Waals surface area contributed by atoms with E-state index in [1.54, 1.807) is 18.2 Å². The average molecular weight is 233 g/mol. The number of hydrogen-bond acceptors (Lipinski definition) is 1. The smallest absolute Gasteiger partial charge is 0.194 e. The van der Waals surface area contributed by atoms with E-state index in [1.807, 2.05) is 42.5 Å². The van der Waals surface area contributed by atoms with Gasteiger partial charge in [-0.15, -0.1) is 0 Å². The van der Waals surface area contributed by atoms with Crippen LogP contribution in [0.1, 0.15) is 21.5 Å². The minimum absolute atomic E-state index is 0.637. The molecule has 0 fully saturated rings. The third-order valence-electron chi connectivity index (χ3n) is 2.59. The number of nitrogens with zero attached hydrogens (tertiary/aromatic N) is 1. The summed E-state index contributed by atoms with van der Waals surface area (Å²) in [6.45, 7) is 7.07. The van der Waals surface area contributed by atoms with E-state index in [1.165, 1.54) is 0 Å². The van der Waals surface area contributed by atoms with Gasteiger partial charge in [0.25, 0.3) is 0 Å². The van der Waals surface area contributed by atoms with Crippen molar-refractivity contribution >= 4 is 24.1 Å². The van der Waals surface area contributed by atoms with Crippen LogP contribution in [-0.4, -0.2) is 6.29 Å². The van der Waals surface area contributed by atoms with E-state index < -0.39 is 0 Å². The fraction of sp³-hybridized carbons (Fsp3) is 0. The minimum atomic E-state index is 0.637. The SMILES string of the molecule is [C-]#[N+]c1ccccc1C=Cc1ccc(C=O)cc1. The number of rotatable bonds is 3. The maximum absolute atomic E-state index is 10.5. The normalized spacial score (nSPS) is 10.2. The van der Waals surface area contributed by atoms with Gasteiger partial charge in [0.1, 0.15) is 6.29 Å². The third kappa shape index (κ3) is 2.72. The van der Waals surface area contributed by atoms with Crippen molar-refractivity contribution in [1.29, 1.82) is 0 Å². The predicted molar refractivity (Wildman–Crippen MR) is 73.5 cm³/mol. The van der Waals surface area contributed by atoms with Gasteiger partial charge in [-0.2, -0.15) is 0 Å². The second-order valence-electron chi connectivity index (χ2n) is 3.79. The Kier molecular flexibility index (Phi) is 3.68. The number of benzene rings is 2. The Morgan fingerprint density at radius 1 is 0.889 bits per heavy atom. The van der Waals surface area contributed by atoms with E-state index in [-0.39, 0.29) is 0 Å². The topological polar surface area (TPSA) is 21.4 Å². The van der Waals surface area contributed by atoms with E-state index in [9.17, 15) is 4.79 Å². The van der Waals surface area contributed by atoms with Crippen molar-refractivity contribution < 1.29 is 4.79 Å². The first-order valence-corrected chi connectivity index (χ1v) is 5.53. The zero-order valence-electron chi connectivity index (χ0n) is 9.71. The molecular formula is C16H11NO. The van der Waals surface area contributed by atoms with Gasteiger partial charge in [0.2, 0.25) is 0 Å². The molecule has 0 radical (unpaired) electrons. The average Bonchev–Trinajstić information content (AvgIpc) is 2.46. The van der Waals surface area contributed by atoms with Crippen molar-refractivity contribution in [2.24, 2.45) is 0 Å². The highest BCUT2D eigenvalue weighted by Crippen LogP contribution is 2.20. The fourth-order valence-corrected chi connectivity index (χ4v) is 1.60. The standard InChI is InChI=1S/C16H11NO/c1-17-16-5-3-2-4-15(16)11-10-13-6-8-14(12-18)9-7-13/h2-12H. The Morgan fingerprint density at radius 3 is 2.22 bits per heavy atom. The van der Waals surface area contributed by atoms with Gasteiger partial charge in [0.05, 0.1) is 6.57 Å². The molecule has 0 unspecified atom stereocenters. The molecule has 0 N–H and O–H groups in total. The number of hydrogen-bond donors (Lipinski definition) is 0. The van der Waals surface area contributed by atoms with Crippen LogP contribution in [0.5, 0.6) is 0 Å². The molecule has 0 aromatic heterocycles. The van der Waals surface area contributed by atoms with Crippen LogP contribution in [0.4, 0.5) is 5.69 Å². The molecule has 2 rings (SSSR count). The van der Waals surface area contributed by atoms with Crippen molar-refractivity contribution in [3.8, 4) is 0 Å². The van der Waals surface area contributed by atoms with Crippen molar-refractivity contribution in [2.75, 3.05) is 0 Å². The summed E-state index contributed by atoms with van der Waals surface area (Å²) in [6, 6.07) is 14.8. The van der Waals surface area contributed by atoms with E-state index in [2.05, 4.69) is 4.85 Å². The molecular weight excluding hydrogens is 222 g/mol. The molecule has 0 aliphatic carbocycles. The summed E-state index contributed by atoms with van der Waals surface area (Å²) < 4.78 is 0. The Balaban J connectivity index is 2.24. The molecule has 18 heavy (non-hydrogen) atoms. The van der Waals surface area contributed by atoms with Crippen LogP contribution in [-0.2, 0) is 0 Å². The van der Waals surface area contributed by atoms with E-state index in [4.69, 9.17) is 6.57 Å². The molecule has 0 bridgehead atoms. The number of carbonyl (C=O) groups excluding carboxylic acids is 1. The van der Waals surface area contributed by atoms with Crippen LogP contribution in [0.3, 0.4) is 0 Å². The second-order valence-corrected chi connectivity index (χ2v) is 3.79. The number of carbonyl (C=O) groups is 1. The summed E-state index contributed by atoms with van der Waals surface area (Å²) >= 11 is 0. The van der Waals surface area contributed by atoms with Crippen LogP contribution in [0, 0.1) is 6.57 Å². The summed E-state index contributed by atoms with van der Waals surface area (Å²) in [6.07, 6.45) is 4.66. The summed E-state index contributed by atoms with van der Waals surface area (Å²) in [5, 5.41) is 0. The Labute approximate surface area is 106 Å². The Bertz CT molecular complexity index is 618. The van der Waals surface area contributed by atoms with E-state index >= 15 is 0 Å². The lowest BCUT2D eigenvalue weighted by molar-refractivity contribution is 0.112. The highest BCUT2D eigenvalue weighted by Gasteiger charge is 1.96. The zero-order chi connectivity index (χ0) is 12.8. The van der Waals surface area contributed by atoms with E-state index in [0.717, 1.165) is 17.4 Å². The van der Waals surface area contributed by atoms with Crippen molar-refractivity contribution in [1.82, 2.24) is 0 Å². The van der Waals surface area contributed by atoms with Gasteiger partial charge in [0.15, 0.2) is 5.69 Å². The van der Waals surface area contributed by atoms with E-state index in [0.29, 0.717) is 11.3 Å². The van der Waals surface area contributed by atoms with Crippen LogP contribution in [0.15, 0.2) is 48.5 Å². The third-order valence-corrected chi connectivity index (χ3v) is 2.59. The van der Waals surface area contributed by atoms with Gasteiger partial charge in [-0.25, -0.2) is 4.85 Å². The lowest BCUT2D eigenvalue weighted by Gasteiger charge is -1.97. The van der Waals surface area contributed by atoms with Crippen LogP contribution in [0.2, 0.25) is 0 Å². The molecule has 0 aliphatic rings. The molecule has 2 aromatic rings. The molecule has 0 aliphatic heterocycles. The molecule has 2 heteroatoms. The van der Waals surface area contributed by atoms with Crippen molar-refractivity contribution in [3.05, 3.63) is 76.6 Å². The molecule has 86 valence electrons. The van der Waals surface area contributed by atoms with Gasteiger partial charge in [-0.05, 0) is 11.1 Å². The van der Waals surface area contributed by atoms with Gasteiger partial charge in [-0.1, -0.05) is 60.7 Å². The molecule has 0 spiro atoms. The quantitative estimate of drug-likeness (QED) is 0.442. The highest BCUT2D eigenvalue weighted by atomic mass is 16.1. The maximum Gasteiger partial charge on any atom is 0.194 e. The highest BCUT2D eigenvalue weighted by molar-refractivity contribution is 5.79. The van der Waals surface area contributed by atoms with Gasteiger partial charge in [-0.3, -0.25) is 4.79 Å². The molecule has 0 saturated carbocycles.